The zero-order valence-corrected chi connectivity index (χ0v) is 14.8. The second-order valence-electron chi connectivity index (χ2n) is 4.99. The van der Waals surface area contributed by atoms with E-state index in [0.29, 0.717) is 12.8 Å². The first-order valence-corrected chi connectivity index (χ1v) is 9.31. The van der Waals surface area contributed by atoms with Crippen molar-refractivity contribution in [1.29, 1.82) is 0 Å². The van der Waals surface area contributed by atoms with Crippen molar-refractivity contribution in [1.82, 2.24) is 0 Å². The number of benzene rings is 1. The molecule has 0 aliphatic rings. The van der Waals surface area contributed by atoms with Gasteiger partial charge in [-0.05, 0) is 42.5 Å². The first-order chi connectivity index (χ1) is 11.3. The maximum absolute atomic E-state index is 12.3. The van der Waals surface area contributed by atoms with Gasteiger partial charge >= 0.3 is 16.1 Å². The minimum atomic E-state index is -4.14. The molecule has 0 aliphatic heterocycles. The molecule has 0 aliphatic carbocycles. The van der Waals surface area contributed by atoms with Crippen molar-refractivity contribution in [2.75, 3.05) is 7.11 Å². The standard InChI is InChI=1S/C16H16O6S2/c1-11(17)3-4-12-5-7-13(8-6-12)22-24(19,20)14-9-10-23-15(14)16(18)21-2/h5-10H,3-4H2,1-2H3. The number of Topliss-reactive ketones (excluding diaryl/α,β-unsaturated/α-hetero) is 1. The molecule has 0 atom stereocenters. The summed E-state index contributed by atoms with van der Waals surface area (Å²) in [5.74, 6) is -0.513. The van der Waals surface area contributed by atoms with Gasteiger partial charge in [-0.25, -0.2) is 4.79 Å². The van der Waals surface area contributed by atoms with E-state index in [1.165, 1.54) is 37.6 Å². The number of carbonyl (C=O) groups is 2. The molecule has 0 amide bonds. The van der Waals surface area contributed by atoms with E-state index in [1.807, 2.05) is 0 Å². The van der Waals surface area contributed by atoms with Gasteiger partial charge in [0.1, 0.15) is 21.3 Å². The predicted molar refractivity (Wildman–Crippen MR) is 88.9 cm³/mol. The van der Waals surface area contributed by atoms with Crippen LogP contribution in [0, 0.1) is 0 Å². The lowest BCUT2D eigenvalue weighted by Crippen LogP contribution is -2.13. The Morgan fingerprint density at radius 3 is 2.38 bits per heavy atom. The molecule has 0 bridgehead atoms. The third-order valence-electron chi connectivity index (χ3n) is 3.16. The van der Waals surface area contributed by atoms with Crippen molar-refractivity contribution in [2.24, 2.45) is 0 Å². The second kappa shape index (κ2) is 7.59. The van der Waals surface area contributed by atoms with Crippen LogP contribution in [-0.2, 0) is 26.1 Å². The van der Waals surface area contributed by atoms with Gasteiger partial charge in [0.2, 0.25) is 0 Å². The van der Waals surface area contributed by atoms with E-state index < -0.39 is 16.1 Å². The monoisotopic (exact) mass is 368 g/mol. The molecule has 24 heavy (non-hydrogen) atoms. The molecule has 1 aromatic carbocycles. The molecule has 0 unspecified atom stereocenters. The highest BCUT2D eigenvalue weighted by Crippen LogP contribution is 2.26. The summed E-state index contributed by atoms with van der Waals surface area (Å²) in [7, 11) is -2.96. The molecule has 1 aromatic heterocycles. The zero-order valence-electron chi connectivity index (χ0n) is 13.1. The molecule has 0 fully saturated rings. The average Bonchev–Trinajstić information content (AvgIpc) is 3.03. The minimum Gasteiger partial charge on any atom is -0.465 e. The van der Waals surface area contributed by atoms with Crippen LogP contribution in [0.5, 0.6) is 5.75 Å². The molecular weight excluding hydrogens is 352 g/mol. The largest absolute Gasteiger partial charge is 0.465 e. The van der Waals surface area contributed by atoms with Gasteiger partial charge in [-0.3, -0.25) is 0 Å². The third kappa shape index (κ3) is 4.42. The van der Waals surface area contributed by atoms with Crippen LogP contribution in [0.1, 0.15) is 28.6 Å². The summed E-state index contributed by atoms with van der Waals surface area (Å²) in [6.45, 7) is 1.52. The lowest BCUT2D eigenvalue weighted by Gasteiger charge is -2.08. The molecule has 6 nitrogen and oxygen atoms in total. The number of thiophene rings is 1. The van der Waals surface area contributed by atoms with E-state index >= 15 is 0 Å². The number of methoxy groups -OCH3 is 1. The van der Waals surface area contributed by atoms with Gasteiger partial charge in [-0.2, -0.15) is 8.42 Å². The van der Waals surface area contributed by atoms with Gasteiger partial charge in [-0.15, -0.1) is 11.3 Å². The minimum absolute atomic E-state index is 0.0319. The number of esters is 1. The molecule has 1 heterocycles. The lowest BCUT2D eigenvalue weighted by molar-refractivity contribution is -0.116. The fourth-order valence-electron chi connectivity index (χ4n) is 1.94. The van der Waals surface area contributed by atoms with Crippen molar-refractivity contribution < 1.29 is 26.9 Å². The maximum atomic E-state index is 12.3. The Kier molecular flexibility index (Phi) is 5.74. The third-order valence-corrected chi connectivity index (χ3v) is 5.48. The van der Waals surface area contributed by atoms with Gasteiger partial charge in [0.05, 0.1) is 7.11 Å². The van der Waals surface area contributed by atoms with Crippen LogP contribution in [0.3, 0.4) is 0 Å². The number of hydrogen-bond donors (Lipinski definition) is 0. The Morgan fingerprint density at radius 2 is 1.79 bits per heavy atom. The SMILES string of the molecule is COC(=O)c1sccc1S(=O)(=O)Oc1ccc(CCC(C)=O)cc1. The van der Waals surface area contributed by atoms with Crippen LogP contribution in [-0.4, -0.2) is 27.3 Å². The number of ketones is 1. The highest BCUT2D eigenvalue weighted by Gasteiger charge is 2.26. The normalized spacial score (nSPS) is 11.1. The number of aryl methyl sites for hydroxylation is 1. The highest BCUT2D eigenvalue weighted by atomic mass is 32.2. The number of carbonyl (C=O) groups excluding carboxylic acids is 2. The van der Waals surface area contributed by atoms with Crippen molar-refractivity contribution in [2.45, 2.75) is 24.7 Å². The molecule has 2 aromatic rings. The van der Waals surface area contributed by atoms with Crippen LogP contribution in [0.25, 0.3) is 0 Å². The topological polar surface area (TPSA) is 86.7 Å². The molecule has 0 N–H and O–H groups in total. The summed E-state index contributed by atoms with van der Waals surface area (Å²) >= 11 is 0.966. The number of ether oxygens (including phenoxy) is 1. The molecule has 0 radical (unpaired) electrons. The van der Waals surface area contributed by atoms with Gasteiger partial charge in [0.15, 0.2) is 0 Å². The van der Waals surface area contributed by atoms with Crippen LogP contribution in [0.2, 0.25) is 0 Å². The molecule has 2 rings (SSSR count). The summed E-state index contributed by atoms with van der Waals surface area (Å²) in [5.41, 5.74) is 0.903. The Labute approximate surface area is 144 Å². The van der Waals surface area contributed by atoms with Crippen molar-refractivity contribution in [3.63, 3.8) is 0 Å². The van der Waals surface area contributed by atoms with Crippen molar-refractivity contribution in [3.05, 3.63) is 46.2 Å². The molecular formula is C16H16O6S2. The Balaban J connectivity index is 2.16. The quantitative estimate of drug-likeness (QED) is 0.552. The Bertz CT molecular complexity index is 834. The second-order valence-corrected chi connectivity index (χ2v) is 7.42. The summed E-state index contributed by atoms with van der Waals surface area (Å²) in [5, 5.41) is 1.48. The maximum Gasteiger partial charge on any atom is 0.349 e. The first-order valence-electron chi connectivity index (χ1n) is 7.02. The summed E-state index contributed by atoms with van der Waals surface area (Å²) < 4.78 is 34.3. The smallest absolute Gasteiger partial charge is 0.349 e. The number of hydrogen-bond acceptors (Lipinski definition) is 7. The molecule has 0 saturated heterocycles. The molecule has 8 heteroatoms. The lowest BCUT2D eigenvalue weighted by atomic mass is 10.1. The van der Waals surface area contributed by atoms with Crippen LogP contribution in [0.4, 0.5) is 0 Å². The average molecular weight is 368 g/mol. The van der Waals surface area contributed by atoms with E-state index in [-0.39, 0.29) is 21.3 Å². The van der Waals surface area contributed by atoms with Gasteiger partial charge in [-0.1, -0.05) is 12.1 Å². The molecule has 128 valence electrons. The predicted octanol–water partition coefficient (Wildman–Crippen LogP) is 2.82. The highest BCUT2D eigenvalue weighted by molar-refractivity contribution is 7.87. The summed E-state index contributed by atoms with van der Waals surface area (Å²) in [4.78, 5) is 22.3. The van der Waals surface area contributed by atoms with Crippen LogP contribution < -0.4 is 4.18 Å². The fourth-order valence-corrected chi connectivity index (χ4v) is 4.18. The van der Waals surface area contributed by atoms with Gasteiger partial charge in [0.25, 0.3) is 0 Å². The van der Waals surface area contributed by atoms with E-state index in [4.69, 9.17) is 4.18 Å². The van der Waals surface area contributed by atoms with Crippen LogP contribution >= 0.6 is 11.3 Å². The van der Waals surface area contributed by atoms with E-state index in [2.05, 4.69) is 4.74 Å². The van der Waals surface area contributed by atoms with Crippen molar-refractivity contribution >= 4 is 33.2 Å². The van der Waals surface area contributed by atoms with E-state index in [9.17, 15) is 18.0 Å². The van der Waals surface area contributed by atoms with Crippen molar-refractivity contribution in [3.8, 4) is 5.75 Å². The Morgan fingerprint density at radius 1 is 1.12 bits per heavy atom. The van der Waals surface area contributed by atoms with Crippen LogP contribution in [0.15, 0.2) is 40.6 Å². The first kappa shape index (κ1) is 18.2. The van der Waals surface area contributed by atoms with Gasteiger partial charge in [0, 0.05) is 6.42 Å². The summed E-state index contributed by atoms with van der Waals surface area (Å²) in [6.07, 6.45) is 1.01. The summed E-state index contributed by atoms with van der Waals surface area (Å²) in [6, 6.07) is 7.72. The van der Waals surface area contributed by atoms with E-state index in [1.54, 1.807) is 12.1 Å². The Hall–Kier alpha value is -2.19. The zero-order chi connectivity index (χ0) is 17.7. The van der Waals surface area contributed by atoms with Gasteiger partial charge < -0.3 is 13.7 Å². The number of rotatable bonds is 7. The molecule has 0 saturated carbocycles. The molecule has 0 spiro atoms. The fraction of sp³-hybridized carbons (Fsp3) is 0.250. The van der Waals surface area contributed by atoms with E-state index in [0.717, 1.165) is 16.9 Å².